The van der Waals surface area contributed by atoms with Crippen LogP contribution in [-0.2, 0) is 25.7 Å². The molecule has 1 aliphatic heterocycles. The summed E-state index contributed by atoms with van der Waals surface area (Å²) in [6.07, 6.45) is 0.693. The molecule has 0 spiro atoms. The number of piperidine rings is 1. The fourth-order valence-corrected chi connectivity index (χ4v) is 2.32. The van der Waals surface area contributed by atoms with Gasteiger partial charge in [0.2, 0.25) is 11.7 Å². The van der Waals surface area contributed by atoms with Crippen LogP contribution in [0.25, 0.3) is 0 Å². The van der Waals surface area contributed by atoms with Gasteiger partial charge in [-0.05, 0) is 12.0 Å². The standard InChI is InChI=1S/C17H20N4O5/c1-18-9-13(15(23)20-12-7-8-19-16(24)14(12)22)21-17(25)26-10-11-5-3-2-4-6-11/h2-6,9,12-13H,7-8,10H2,1H3,(H,19,24)(H,20,23)(H,21,25). The van der Waals surface area contributed by atoms with E-state index < -0.39 is 35.8 Å². The number of benzene rings is 1. The molecule has 1 aliphatic rings. The van der Waals surface area contributed by atoms with Gasteiger partial charge in [0.15, 0.2) is 0 Å². The topological polar surface area (TPSA) is 126 Å². The van der Waals surface area contributed by atoms with Crippen LogP contribution in [0.3, 0.4) is 0 Å². The van der Waals surface area contributed by atoms with Crippen molar-refractivity contribution in [2.24, 2.45) is 4.99 Å². The number of rotatable bonds is 6. The van der Waals surface area contributed by atoms with Crippen molar-refractivity contribution in [3.05, 3.63) is 35.9 Å². The third-order valence-corrected chi connectivity index (χ3v) is 3.64. The molecule has 1 fully saturated rings. The van der Waals surface area contributed by atoms with E-state index in [9.17, 15) is 19.2 Å². The second-order valence-electron chi connectivity index (χ2n) is 5.56. The van der Waals surface area contributed by atoms with Crippen molar-refractivity contribution in [1.82, 2.24) is 16.0 Å². The summed E-state index contributed by atoms with van der Waals surface area (Å²) in [7, 11) is 1.44. The quantitative estimate of drug-likeness (QED) is 0.468. The number of carbonyl (C=O) groups excluding carboxylic acids is 4. The van der Waals surface area contributed by atoms with Gasteiger partial charge < -0.3 is 20.7 Å². The van der Waals surface area contributed by atoms with Crippen LogP contribution < -0.4 is 16.0 Å². The number of ketones is 1. The Bertz CT molecular complexity index is 704. The average Bonchev–Trinajstić information content (AvgIpc) is 2.64. The largest absolute Gasteiger partial charge is 0.445 e. The van der Waals surface area contributed by atoms with Crippen LogP contribution in [-0.4, -0.2) is 55.6 Å². The molecule has 2 rings (SSSR count). The summed E-state index contributed by atoms with van der Waals surface area (Å²) in [6, 6.07) is 7.01. The summed E-state index contributed by atoms with van der Waals surface area (Å²) in [6.45, 7) is 0.333. The summed E-state index contributed by atoms with van der Waals surface area (Å²) >= 11 is 0. The normalized spacial score (nSPS) is 18.1. The molecule has 9 nitrogen and oxygen atoms in total. The van der Waals surface area contributed by atoms with Gasteiger partial charge in [-0.3, -0.25) is 19.4 Å². The second kappa shape index (κ2) is 9.30. The zero-order chi connectivity index (χ0) is 18.9. The molecule has 9 heteroatoms. The van der Waals surface area contributed by atoms with Gasteiger partial charge in [0, 0.05) is 19.8 Å². The molecule has 0 bridgehead atoms. The van der Waals surface area contributed by atoms with E-state index in [0.29, 0.717) is 0 Å². The van der Waals surface area contributed by atoms with Crippen LogP contribution in [0.5, 0.6) is 0 Å². The maximum absolute atomic E-state index is 12.3. The number of nitrogens with zero attached hydrogens (tertiary/aromatic N) is 1. The number of hydrogen-bond acceptors (Lipinski definition) is 6. The third kappa shape index (κ3) is 5.40. The molecule has 1 aromatic rings. The van der Waals surface area contributed by atoms with Crippen molar-refractivity contribution in [2.75, 3.05) is 13.6 Å². The number of amides is 3. The van der Waals surface area contributed by atoms with Crippen molar-refractivity contribution in [3.63, 3.8) is 0 Å². The number of carbonyl (C=O) groups is 4. The molecule has 3 N–H and O–H groups in total. The Morgan fingerprint density at radius 2 is 2.08 bits per heavy atom. The summed E-state index contributed by atoms with van der Waals surface area (Å²) in [5.74, 6) is -2.11. The lowest BCUT2D eigenvalue weighted by Gasteiger charge is -2.23. The lowest BCUT2D eigenvalue weighted by Crippen LogP contribution is -2.57. The Kier molecular flexibility index (Phi) is 6.84. The first-order valence-electron chi connectivity index (χ1n) is 8.03. The molecule has 0 aliphatic carbocycles. The number of hydrogen-bond donors (Lipinski definition) is 3. The first-order valence-corrected chi connectivity index (χ1v) is 8.03. The van der Waals surface area contributed by atoms with Crippen LogP contribution in [0, 0.1) is 0 Å². The Balaban J connectivity index is 1.90. The zero-order valence-electron chi connectivity index (χ0n) is 14.2. The highest BCUT2D eigenvalue weighted by atomic mass is 16.5. The smallest absolute Gasteiger partial charge is 0.408 e. The zero-order valence-corrected chi connectivity index (χ0v) is 14.2. The fourth-order valence-electron chi connectivity index (χ4n) is 2.32. The molecule has 1 heterocycles. The molecule has 2 atom stereocenters. The van der Waals surface area contributed by atoms with Gasteiger partial charge in [-0.1, -0.05) is 30.3 Å². The number of nitrogens with one attached hydrogen (secondary N) is 3. The maximum Gasteiger partial charge on any atom is 0.408 e. The van der Waals surface area contributed by atoms with Gasteiger partial charge in [-0.25, -0.2) is 4.79 Å². The summed E-state index contributed by atoms with van der Waals surface area (Å²) < 4.78 is 5.06. The predicted octanol–water partition coefficient (Wildman–Crippen LogP) is -0.444. The predicted molar refractivity (Wildman–Crippen MR) is 92.5 cm³/mol. The van der Waals surface area contributed by atoms with Gasteiger partial charge in [0.1, 0.15) is 12.6 Å². The number of Topliss-reactive ketones (excluding diaryl/α,β-unsaturated/α-hetero) is 1. The average molecular weight is 360 g/mol. The van der Waals surface area contributed by atoms with E-state index in [1.54, 1.807) is 12.1 Å². The van der Waals surface area contributed by atoms with Gasteiger partial charge in [-0.2, -0.15) is 0 Å². The number of ether oxygens (including phenoxy) is 1. The highest BCUT2D eigenvalue weighted by Gasteiger charge is 2.32. The lowest BCUT2D eigenvalue weighted by atomic mass is 10.0. The minimum Gasteiger partial charge on any atom is -0.445 e. The summed E-state index contributed by atoms with van der Waals surface area (Å²) in [5.41, 5.74) is 0.798. The van der Waals surface area contributed by atoms with E-state index >= 15 is 0 Å². The van der Waals surface area contributed by atoms with E-state index in [2.05, 4.69) is 20.9 Å². The molecule has 0 aromatic heterocycles. The monoisotopic (exact) mass is 360 g/mol. The highest BCUT2D eigenvalue weighted by Crippen LogP contribution is 2.02. The highest BCUT2D eigenvalue weighted by molar-refractivity contribution is 6.39. The fraction of sp³-hybridized carbons (Fsp3) is 0.353. The number of alkyl carbamates (subject to hydrolysis) is 1. The molecular weight excluding hydrogens is 340 g/mol. The summed E-state index contributed by atoms with van der Waals surface area (Å²) in [5, 5.41) is 7.22. The van der Waals surface area contributed by atoms with Crippen LogP contribution >= 0.6 is 0 Å². The van der Waals surface area contributed by atoms with Gasteiger partial charge in [-0.15, -0.1) is 0 Å². The first kappa shape index (κ1) is 19.1. The van der Waals surface area contributed by atoms with Crippen molar-refractivity contribution < 1.29 is 23.9 Å². The molecule has 0 saturated carbocycles. The minimum absolute atomic E-state index is 0.0472. The Morgan fingerprint density at radius 1 is 1.35 bits per heavy atom. The number of aliphatic imine (C=N–C) groups is 1. The molecule has 0 radical (unpaired) electrons. The van der Waals surface area contributed by atoms with Gasteiger partial charge >= 0.3 is 6.09 Å². The third-order valence-electron chi connectivity index (χ3n) is 3.64. The molecule has 138 valence electrons. The molecule has 2 unspecified atom stereocenters. The van der Waals surface area contributed by atoms with Crippen LogP contribution in [0.1, 0.15) is 12.0 Å². The molecule has 3 amide bonds. The van der Waals surface area contributed by atoms with Crippen LogP contribution in [0.15, 0.2) is 35.3 Å². The molecular formula is C17H20N4O5. The van der Waals surface area contributed by atoms with E-state index in [0.717, 1.165) is 5.56 Å². The van der Waals surface area contributed by atoms with Gasteiger partial charge in [0.05, 0.1) is 6.04 Å². The molecule has 1 saturated heterocycles. The van der Waals surface area contributed by atoms with E-state index in [4.69, 9.17) is 4.74 Å². The Hall–Kier alpha value is -3.23. The van der Waals surface area contributed by atoms with Crippen molar-refractivity contribution in [2.45, 2.75) is 25.1 Å². The van der Waals surface area contributed by atoms with E-state index in [1.165, 1.54) is 13.3 Å². The maximum atomic E-state index is 12.3. The summed E-state index contributed by atoms with van der Waals surface area (Å²) in [4.78, 5) is 51.1. The SMILES string of the molecule is CN=CC(NC(=O)OCc1ccccc1)C(=O)NC1CCNC(=O)C1=O. The van der Waals surface area contributed by atoms with E-state index in [-0.39, 0.29) is 19.6 Å². The Labute approximate surface area is 150 Å². The Morgan fingerprint density at radius 3 is 2.77 bits per heavy atom. The van der Waals surface area contributed by atoms with Crippen molar-refractivity contribution in [3.8, 4) is 0 Å². The lowest BCUT2D eigenvalue weighted by molar-refractivity contribution is -0.141. The second-order valence-corrected chi connectivity index (χ2v) is 5.56. The molecule has 26 heavy (non-hydrogen) atoms. The van der Waals surface area contributed by atoms with Gasteiger partial charge in [0.25, 0.3) is 5.91 Å². The molecule has 1 aromatic carbocycles. The van der Waals surface area contributed by atoms with E-state index in [1.807, 2.05) is 18.2 Å². The minimum atomic E-state index is -1.12. The van der Waals surface area contributed by atoms with Crippen molar-refractivity contribution in [1.29, 1.82) is 0 Å². The van der Waals surface area contributed by atoms with Crippen LogP contribution in [0.2, 0.25) is 0 Å². The van der Waals surface area contributed by atoms with Crippen molar-refractivity contribution >= 4 is 29.9 Å². The van der Waals surface area contributed by atoms with Crippen LogP contribution in [0.4, 0.5) is 4.79 Å². The first-order chi connectivity index (χ1) is 12.5.